The minimum atomic E-state index is -3.54. The molecule has 1 atom stereocenters. The molecule has 0 radical (unpaired) electrons. The minimum Gasteiger partial charge on any atom is -0.497 e. The van der Waals surface area contributed by atoms with Crippen LogP contribution in [0.3, 0.4) is 0 Å². The van der Waals surface area contributed by atoms with Crippen molar-refractivity contribution in [2.75, 3.05) is 26.5 Å². The minimum absolute atomic E-state index is 0.0601. The van der Waals surface area contributed by atoms with Crippen molar-refractivity contribution in [3.63, 3.8) is 0 Å². The first-order valence-electron chi connectivity index (χ1n) is 8.20. The van der Waals surface area contributed by atoms with E-state index in [0.29, 0.717) is 12.0 Å². The summed E-state index contributed by atoms with van der Waals surface area (Å²) in [6, 6.07) is 13.4. The van der Waals surface area contributed by atoms with Crippen LogP contribution >= 0.6 is 0 Å². The monoisotopic (exact) mass is 381 g/mol. The molecule has 0 amide bonds. The van der Waals surface area contributed by atoms with Crippen LogP contribution in [0.25, 0.3) is 0 Å². The largest absolute Gasteiger partial charge is 0.497 e. The molecule has 0 aliphatic heterocycles. The zero-order chi connectivity index (χ0) is 19.2. The van der Waals surface area contributed by atoms with E-state index in [1.807, 2.05) is 12.1 Å². The molecule has 0 saturated carbocycles. The maximum atomic E-state index is 14.1. The van der Waals surface area contributed by atoms with E-state index in [1.54, 1.807) is 44.4 Å². The number of rotatable bonds is 9. The van der Waals surface area contributed by atoms with Gasteiger partial charge in [0.2, 0.25) is 10.0 Å². The van der Waals surface area contributed by atoms with Crippen molar-refractivity contribution >= 4 is 10.0 Å². The Balaban J connectivity index is 2.00. The Labute approximate surface area is 154 Å². The molecule has 26 heavy (non-hydrogen) atoms. The normalized spacial score (nSPS) is 14.0. The molecule has 0 saturated heterocycles. The Kier molecular flexibility index (Phi) is 6.75. The molecule has 0 heterocycles. The van der Waals surface area contributed by atoms with Gasteiger partial charge in [-0.15, -0.1) is 0 Å². The maximum Gasteiger partial charge on any atom is 0.212 e. The molecule has 1 N–H and O–H groups in total. The van der Waals surface area contributed by atoms with Crippen LogP contribution in [0.4, 0.5) is 4.39 Å². The van der Waals surface area contributed by atoms with Gasteiger partial charge in [0.25, 0.3) is 0 Å². The third-order valence-corrected chi connectivity index (χ3v) is 5.67. The Morgan fingerprint density at radius 1 is 1.08 bits per heavy atom. The summed E-state index contributed by atoms with van der Waals surface area (Å²) < 4.78 is 51.7. The second-order valence-corrected chi connectivity index (χ2v) is 8.08. The molecule has 0 aliphatic rings. The number of hydrogen-bond acceptors (Lipinski definition) is 4. The molecule has 0 aromatic heterocycles. The van der Waals surface area contributed by atoms with Gasteiger partial charge in [0, 0.05) is 19.2 Å². The summed E-state index contributed by atoms with van der Waals surface area (Å²) >= 11 is 0. The zero-order valence-corrected chi connectivity index (χ0v) is 16.0. The summed E-state index contributed by atoms with van der Waals surface area (Å²) in [6.07, 6.45) is 0.364. The van der Waals surface area contributed by atoms with Crippen molar-refractivity contribution in [1.29, 1.82) is 0 Å². The molecule has 142 valence electrons. The maximum absolute atomic E-state index is 14.1. The number of hydrogen-bond donors (Lipinski definition) is 1. The number of benzene rings is 2. The molecule has 2 aromatic rings. The highest BCUT2D eigenvalue weighted by atomic mass is 32.2. The van der Waals surface area contributed by atoms with E-state index in [2.05, 4.69) is 4.72 Å². The Hall–Kier alpha value is -1.96. The number of methoxy groups -OCH3 is 2. The van der Waals surface area contributed by atoms with Gasteiger partial charge >= 0.3 is 0 Å². The van der Waals surface area contributed by atoms with Crippen molar-refractivity contribution in [2.24, 2.45) is 0 Å². The van der Waals surface area contributed by atoms with Crippen LogP contribution in [-0.4, -0.2) is 34.9 Å². The van der Waals surface area contributed by atoms with Crippen molar-refractivity contribution in [3.8, 4) is 5.75 Å². The second-order valence-electron chi connectivity index (χ2n) is 6.15. The van der Waals surface area contributed by atoms with Gasteiger partial charge in [-0.05, 0) is 37.1 Å². The van der Waals surface area contributed by atoms with Crippen LogP contribution in [-0.2, 0) is 26.8 Å². The van der Waals surface area contributed by atoms with Gasteiger partial charge in [-0.3, -0.25) is 0 Å². The van der Waals surface area contributed by atoms with Crippen LogP contribution in [0.5, 0.6) is 5.75 Å². The van der Waals surface area contributed by atoms with E-state index in [9.17, 15) is 12.8 Å². The van der Waals surface area contributed by atoms with Crippen molar-refractivity contribution in [1.82, 2.24) is 4.72 Å². The topological polar surface area (TPSA) is 64.6 Å². The first kappa shape index (κ1) is 20.4. The quantitative estimate of drug-likeness (QED) is 0.725. The Bertz CT molecular complexity index is 824. The number of ether oxygens (including phenoxy) is 2. The van der Waals surface area contributed by atoms with Crippen molar-refractivity contribution < 1.29 is 22.3 Å². The van der Waals surface area contributed by atoms with Gasteiger partial charge in [0.1, 0.15) is 17.2 Å². The highest BCUT2D eigenvalue weighted by Crippen LogP contribution is 2.26. The first-order valence-corrected chi connectivity index (χ1v) is 9.85. The van der Waals surface area contributed by atoms with Gasteiger partial charge < -0.3 is 9.47 Å². The Morgan fingerprint density at radius 2 is 1.73 bits per heavy atom. The van der Waals surface area contributed by atoms with Gasteiger partial charge in [0.05, 0.1) is 12.9 Å². The lowest BCUT2D eigenvalue weighted by atomic mass is 9.95. The predicted octanol–water partition coefficient (Wildman–Crippen LogP) is 2.86. The summed E-state index contributed by atoms with van der Waals surface area (Å²) in [5.41, 5.74) is 0.0959. The summed E-state index contributed by atoms with van der Waals surface area (Å²) in [4.78, 5) is 0. The van der Waals surface area contributed by atoms with Gasteiger partial charge in [-0.2, -0.15) is 0 Å². The SMILES string of the molecule is COc1ccc(CCS(=O)(=O)NCC(C)(OC)c2ccccc2F)cc1. The van der Waals surface area contributed by atoms with Crippen molar-refractivity contribution in [3.05, 3.63) is 65.5 Å². The summed E-state index contributed by atoms with van der Waals surface area (Å²) in [6.45, 7) is 1.59. The lowest BCUT2D eigenvalue weighted by Crippen LogP contribution is -2.41. The van der Waals surface area contributed by atoms with E-state index >= 15 is 0 Å². The average Bonchev–Trinajstić information content (AvgIpc) is 2.65. The molecular formula is C19H24FNO4S. The number of nitrogens with one attached hydrogen (secondary N) is 1. The molecule has 0 spiro atoms. The van der Waals surface area contributed by atoms with Crippen LogP contribution in [0.2, 0.25) is 0 Å². The molecule has 2 rings (SSSR count). The van der Waals surface area contributed by atoms with E-state index in [0.717, 1.165) is 11.3 Å². The number of halogens is 1. The highest BCUT2D eigenvalue weighted by molar-refractivity contribution is 7.89. The van der Waals surface area contributed by atoms with Gasteiger partial charge in [-0.25, -0.2) is 17.5 Å². The first-order chi connectivity index (χ1) is 12.3. The van der Waals surface area contributed by atoms with Gasteiger partial charge in [0.15, 0.2) is 0 Å². The van der Waals surface area contributed by atoms with E-state index < -0.39 is 21.4 Å². The summed E-state index contributed by atoms with van der Waals surface area (Å²) in [5.74, 6) is 0.209. The standard InChI is InChI=1S/C19H24FNO4S/c1-19(25-3,17-6-4-5-7-18(17)20)14-21-26(22,23)13-12-15-8-10-16(24-2)11-9-15/h4-11,21H,12-14H2,1-3H3. The Morgan fingerprint density at radius 3 is 2.31 bits per heavy atom. The number of aryl methyl sites for hydroxylation is 1. The molecule has 0 aliphatic carbocycles. The van der Waals surface area contributed by atoms with Crippen LogP contribution < -0.4 is 9.46 Å². The van der Waals surface area contributed by atoms with E-state index in [1.165, 1.54) is 13.2 Å². The molecule has 0 bridgehead atoms. The molecule has 0 fully saturated rings. The van der Waals surface area contributed by atoms with E-state index in [4.69, 9.17) is 9.47 Å². The second kappa shape index (κ2) is 8.62. The summed E-state index contributed by atoms with van der Waals surface area (Å²) in [5, 5.41) is 0. The molecule has 1 unspecified atom stereocenters. The fourth-order valence-corrected chi connectivity index (χ4v) is 3.68. The van der Waals surface area contributed by atoms with Gasteiger partial charge in [-0.1, -0.05) is 30.3 Å². The lowest BCUT2D eigenvalue weighted by Gasteiger charge is -2.29. The smallest absolute Gasteiger partial charge is 0.212 e. The predicted molar refractivity (Wildman–Crippen MR) is 99.2 cm³/mol. The fraction of sp³-hybridized carbons (Fsp3) is 0.368. The summed E-state index contributed by atoms with van der Waals surface area (Å²) in [7, 11) is -0.539. The fourth-order valence-electron chi connectivity index (χ4n) is 2.53. The van der Waals surface area contributed by atoms with E-state index in [-0.39, 0.29) is 12.3 Å². The molecule has 5 nitrogen and oxygen atoms in total. The highest BCUT2D eigenvalue weighted by Gasteiger charge is 2.30. The third kappa shape index (κ3) is 5.27. The van der Waals surface area contributed by atoms with Crippen molar-refractivity contribution in [2.45, 2.75) is 18.9 Å². The van der Waals surface area contributed by atoms with Crippen LogP contribution in [0.1, 0.15) is 18.1 Å². The molecule has 7 heteroatoms. The average molecular weight is 381 g/mol. The van der Waals surface area contributed by atoms with Crippen LogP contribution in [0.15, 0.2) is 48.5 Å². The third-order valence-electron chi connectivity index (χ3n) is 4.34. The van der Waals surface area contributed by atoms with Crippen LogP contribution in [0, 0.1) is 5.82 Å². The molecular weight excluding hydrogens is 357 g/mol. The number of sulfonamides is 1. The lowest BCUT2D eigenvalue weighted by molar-refractivity contribution is 0.00411. The zero-order valence-electron chi connectivity index (χ0n) is 15.2. The molecule has 2 aromatic carbocycles.